The number of benzene rings is 1. The summed E-state index contributed by atoms with van der Waals surface area (Å²) in [7, 11) is 1.89. The number of nitrogens with one attached hydrogen (secondary N) is 1. The Bertz CT molecular complexity index is 1120. The Balaban J connectivity index is 1.83. The molecule has 0 aliphatic carbocycles. The molecule has 0 saturated heterocycles. The minimum atomic E-state index is 0.496. The highest BCUT2D eigenvalue weighted by atomic mass is 16.5. The molecule has 144 valence electrons. The molecule has 0 radical (unpaired) electrons. The maximum atomic E-state index is 5.34. The van der Waals surface area contributed by atoms with Crippen LogP contribution in [0.25, 0.3) is 22.3 Å². The first-order chi connectivity index (χ1) is 13.5. The molecule has 0 amide bonds. The number of nitrogens with zero attached hydrogens (tertiary/aromatic N) is 4. The maximum Gasteiger partial charge on any atom is 0.205 e. The topological polar surface area (TPSA) is 68.8 Å². The van der Waals surface area contributed by atoms with Crippen LogP contribution in [0.4, 0.5) is 5.95 Å². The Morgan fingerprint density at radius 1 is 1.18 bits per heavy atom. The van der Waals surface area contributed by atoms with Crippen LogP contribution in [0.5, 0.6) is 0 Å². The lowest BCUT2D eigenvalue weighted by atomic mass is 10.0. The van der Waals surface area contributed by atoms with Gasteiger partial charge in [-0.2, -0.15) is 4.98 Å². The summed E-state index contributed by atoms with van der Waals surface area (Å²) in [5.74, 6) is 2.09. The van der Waals surface area contributed by atoms with Gasteiger partial charge in [0.1, 0.15) is 5.76 Å². The summed E-state index contributed by atoms with van der Waals surface area (Å²) in [5, 5.41) is 7.27. The molecule has 4 aromatic rings. The number of pyridine rings is 1. The second kappa shape index (κ2) is 7.11. The SMILES string of the molecule is CNc1nc2ncc(-c3c(C)noc3C)cc2n1Cc1cccc(C(C)C)c1. The van der Waals surface area contributed by atoms with E-state index in [0.29, 0.717) is 5.92 Å². The van der Waals surface area contributed by atoms with Crippen LogP contribution >= 0.6 is 0 Å². The number of aryl methyl sites for hydroxylation is 2. The largest absolute Gasteiger partial charge is 0.361 e. The molecule has 1 N–H and O–H groups in total. The molecule has 0 fully saturated rings. The fourth-order valence-electron chi connectivity index (χ4n) is 3.62. The van der Waals surface area contributed by atoms with Gasteiger partial charge in [0.15, 0.2) is 5.65 Å². The zero-order valence-electron chi connectivity index (χ0n) is 16.9. The van der Waals surface area contributed by atoms with Gasteiger partial charge in [0.2, 0.25) is 5.95 Å². The Labute approximate surface area is 164 Å². The summed E-state index contributed by atoms with van der Waals surface area (Å²) in [5.41, 5.74) is 7.13. The second-order valence-electron chi connectivity index (χ2n) is 7.44. The van der Waals surface area contributed by atoms with Crippen LogP contribution in [-0.2, 0) is 6.54 Å². The van der Waals surface area contributed by atoms with Crippen molar-refractivity contribution in [2.24, 2.45) is 0 Å². The lowest BCUT2D eigenvalue weighted by Gasteiger charge is -2.12. The third kappa shape index (κ3) is 3.15. The maximum absolute atomic E-state index is 5.34. The minimum absolute atomic E-state index is 0.496. The number of hydrogen-bond donors (Lipinski definition) is 1. The summed E-state index contributed by atoms with van der Waals surface area (Å²) >= 11 is 0. The zero-order chi connectivity index (χ0) is 19.8. The fourth-order valence-corrected chi connectivity index (χ4v) is 3.62. The van der Waals surface area contributed by atoms with Crippen molar-refractivity contribution < 1.29 is 4.52 Å². The van der Waals surface area contributed by atoms with E-state index in [2.05, 4.69) is 69.2 Å². The number of aromatic nitrogens is 4. The standard InChI is InChI=1S/C22H25N5O/c1-13(2)17-8-6-7-16(9-17)12-27-19-10-18(20-14(3)26-28-15(20)4)11-24-21(19)25-22(27)23-5/h6-11,13H,12H2,1-5H3,(H,23,24,25). The molecule has 1 aromatic carbocycles. The molecule has 0 bridgehead atoms. The van der Waals surface area contributed by atoms with Gasteiger partial charge >= 0.3 is 0 Å². The normalized spacial score (nSPS) is 11.5. The molecule has 0 atom stereocenters. The molecule has 3 heterocycles. The molecule has 6 heteroatoms. The van der Waals surface area contributed by atoms with Gasteiger partial charge in [0.05, 0.1) is 17.8 Å². The molecule has 0 unspecified atom stereocenters. The molecule has 4 rings (SSSR count). The lowest BCUT2D eigenvalue weighted by Crippen LogP contribution is -2.05. The summed E-state index contributed by atoms with van der Waals surface area (Å²) in [6, 6.07) is 10.8. The van der Waals surface area contributed by atoms with Crippen molar-refractivity contribution in [2.45, 2.75) is 40.2 Å². The molecule has 0 aliphatic rings. The smallest absolute Gasteiger partial charge is 0.205 e. The lowest BCUT2D eigenvalue weighted by molar-refractivity contribution is 0.393. The Kier molecular flexibility index (Phi) is 4.63. The first-order valence-electron chi connectivity index (χ1n) is 9.54. The van der Waals surface area contributed by atoms with Crippen molar-refractivity contribution >= 4 is 17.1 Å². The van der Waals surface area contributed by atoms with Gasteiger partial charge < -0.3 is 14.4 Å². The number of hydrogen-bond acceptors (Lipinski definition) is 5. The van der Waals surface area contributed by atoms with Crippen molar-refractivity contribution in [3.05, 3.63) is 59.1 Å². The van der Waals surface area contributed by atoms with Crippen molar-refractivity contribution in [3.63, 3.8) is 0 Å². The molecule has 6 nitrogen and oxygen atoms in total. The molecular formula is C22H25N5O. The third-order valence-electron chi connectivity index (χ3n) is 5.11. The van der Waals surface area contributed by atoms with Crippen molar-refractivity contribution in [1.29, 1.82) is 0 Å². The number of imidazole rings is 1. The van der Waals surface area contributed by atoms with Crippen molar-refractivity contribution in [3.8, 4) is 11.1 Å². The predicted molar refractivity (Wildman–Crippen MR) is 112 cm³/mol. The van der Waals surface area contributed by atoms with Gasteiger partial charge in [-0.15, -0.1) is 0 Å². The quantitative estimate of drug-likeness (QED) is 0.536. The molecule has 0 spiro atoms. The zero-order valence-corrected chi connectivity index (χ0v) is 16.9. The molecule has 3 aromatic heterocycles. The second-order valence-corrected chi connectivity index (χ2v) is 7.44. The highest BCUT2D eigenvalue weighted by Gasteiger charge is 2.16. The fraction of sp³-hybridized carbons (Fsp3) is 0.318. The van der Waals surface area contributed by atoms with Crippen LogP contribution in [0.15, 0.2) is 41.1 Å². The molecule has 28 heavy (non-hydrogen) atoms. The Hall–Kier alpha value is -3.15. The van der Waals surface area contributed by atoms with E-state index in [0.717, 1.165) is 46.2 Å². The average Bonchev–Trinajstić information content (AvgIpc) is 3.21. The third-order valence-corrected chi connectivity index (χ3v) is 5.11. The van der Waals surface area contributed by atoms with E-state index in [-0.39, 0.29) is 0 Å². The Morgan fingerprint density at radius 3 is 2.68 bits per heavy atom. The average molecular weight is 375 g/mol. The van der Waals surface area contributed by atoms with E-state index in [9.17, 15) is 0 Å². The minimum Gasteiger partial charge on any atom is -0.361 e. The van der Waals surface area contributed by atoms with E-state index < -0.39 is 0 Å². The first-order valence-corrected chi connectivity index (χ1v) is 9.54. The van der Waals surface area contributed by atoms with Crippen molar-refractivity contribution in [2.75, 3.05) is 12.4 Å². The van der Waals surface area contributed by atoms with Gasteiger partial charge in [-0.1, -0.05) is 43.3 Å². The van der Waals surface area contributed by atoms with Crippen LogP contribution in [0, 0.1) is 13.8 Å². The van der Waals surface area contributed by atoms with Crippen molar-refractivity contribution in [1.82, 2.24) is 19.7 Å². The number of fused-ring (bicyclic) bond motifs is 1. The van der Waals surface area contributed by atoms with Gasteiger partial charge in [0, 0.05) is 24.4 Å². The van der Waals surface area contributed by atoms with Crippen LogP contribution in [0.2, 0.25) is 0 Å². The Morgan fingerprint density at radius 2 is 2.00 bits per heavy atom. The summed E-state index contributed by atoms with van der Waals surface area (Å²) < 4.78 is 7.51. The highest BCUT2D eigenvalue weighted by Crippen LogP contribution is 2.30. The predicted octanol–water partition coefficient (Wildman–Crippen LogP) is 4.92. The van der Waals surface area contributed by atoms with Crippen LogP contribution in [-0.4, -0.2) is 26.7 Å². The molecular weight excluding hydrogens is 350 g/mol. The van der Waals surface area contributed by atoms with E-state index in [1.807, 2.05) is 27.1 Å². The monoisotopic (exact) mass is 375 g/mol. The number of anilines is 1. The van der Waals surface area contributed by atoms with Gasteiger partial charge in [0.25, 0.3) is 0 Å². The van der Waals surface area contributed by atoms with Gasteiger partial charge in [-0.3, -0.25) is 0 Å². The summed E-state index contributed by atoms with van der Waals surface area (Å²) in [4.78, 5) is 9.25. The first kappa shape index (κ1) is 18.2. The summed E-state index contributed by atoms with van der Waals surface area (Å²) in [6.07, 6.45) is 1.84. The van der Waals surface area contributed by atoms with Gasteiger partial charge in [-0.25, -0.2) is 4.98 Å². The van der Waals surface area contributed by atoms with Gasteiger partial charge in [-0.05, 0) is 37.0 Å². The van der Waals surface area contributed by atoms with E-state index in [1.165, 1.54) is 11.1 Å². The molecule has 0 saturated carbocycles. The highest BCUT2D eigenvalue weighted by molar-refractivity contribution is 5.81. The van der Waals surface area contributed by atoms with Crippen LogP contribution in [0.3, 0.4) is 0 Å². The van der Waals surface area contributed by atoms with Crippen LogP contribution < -0.4 is 5.32 Å². The van der Waals surface area contributed by atoms with Crippen LogP contribution in [0.1, 0.15) is 42.3 Å². The summed E-state index contributed by atoms with van der Waals surface area (Å²) in [6.45, 7) is 9.02. The van der Waals surface area contributed by atoms with E-state index in [4.69, 9.17) is 4.52 Å². The molecule has 0 aliphatic heterocycles. The van der Waals surface area contributed by atoms with E-state index in [1.54, 1.807) is 0 Å². The van der Waals surface area contributed by atoms with E-state index >= 15 is 0 Å². The number of rotatable bonds is 5.